The number of amides is 1. The number of hydrogen-bond acceptors (Lipinski definition) is 4. The van der Waals surface area contributed by atoms with E-state index in [0.29, 0.717) is 12.8 Å². The van der Waals surface area contributed by atoms with E-state index < -0.39 is 11.2 Å². The molecule has 0 radical (unpaired) electrons. The molecule has 2 fully saturated rings. The summed E-state index contributed by atoms with van der Waals surface area (Å²) in [7, 11) is 1.97. The fourth-order valence-electron chi connectivity index (χ4n) is 4.38. The number of pyridine rings is 1. The molecule has 6 heteroatoms. The maximum absolute atomic E-state index is 12.2. The van der Waals surface area contributed by atoms with Crippen LogP contribution in [0.25, 0.3) is 11.0 Å². The Kier molecular flexibility index (Phi) is 4.04. The zero-order valence-electron chi connectivity index (χ0n) is 16.7. The first-order valence-corrected chi connectivity index (χ1v) is 9.72. The number of fused-ring (bicyclic) bond motifs is 1. The molecule has 2 aromatic heterocycles. The van der Waals surface area contributed by atoms with Gasteiger partial charge in [0.25, 0.3) is 0 Å². The van der Waals surface area contributed by atoms with Crippen LogP contribution in [0.5, 0.6) is 0 Å². The van der Waals surface area contributed by atoms with Crippen LogP contribution in [0.1, 0.15) is 52.1 Å². The van der Waals surface area contributed by atoms with Crippen molar-refractivity contribution in [3.05, 3.63) is 30.1 Å². The van der Waals surface area contributed by atoms with Gasteiger partial charge in [0, 0.05) is 37.1 Å². The van der Waals surface area contributed by atoms with E-state index >= 15 is 0 Å². The van der Waals surface area contributed by atoms with Crippen LogP contribution in [0, 0.1) is 5.41 Å². The summed E-state index contributed by atoms with van der Waals surface area (Å²) in [4.78, 5) is 18.7. The minimum atomic E-state index is -0.879. The molecule has 3 heterocycles. The van der Waals surface area contributed by atoms with Gasteiger partial charge in [0.05, 0.1) is 5.69 Å². The summed E-state index contributed by atoms with van der Waals surface area (Å²) in [6.07, 6.45) is 4.91. The van der Waals surface area contributed by atoms with Crippen molar-refractivity contribution in [2.24, 2.45) is 12.5 Å². The van der Waals surface area contributed by atoms with Gasteiger partial charge in [-0.05, 0) is 64.7 Å². The van der Waals surface area contributed by atoms with Gasteiger partial charge in [-0.15, -0.1) is 0 Å². The van der Waals surface area contributed by atoms with Crippen LogP contribution in [-0.2, 0) is 17.4 Å². The van der Waals surface area contributed by atoms with Crippen molar-refractivity contribution in [3.63, 3.8) is 0 Å². The van der Waals surface area contributed by atoms with Crippen LogP contribution >= 0.6 is 0 Å². The highest BCUT2D eigenvalue weighted by Crippen LogP contribution is 2.50. The van der Waals surface area contributed by atoms with Crippen molar-refractivity contribution in [3.8, 4) is 0 Å². The largest absolute Gasteiger partial charge is 0.444 e. The van der Waals surface area contributed by atoms with Crippen molar-refractivity contribution >= 4 is 17.1 Å². The fourth-order valence-corrected chi connectivity index (χ4v) is 4.38. The van der Waals surface area contributed by atoms with E-state index in [1.807, 2.05) is 56.8 Å². The first-order chi connectivity index (χ1) is 12.6. The Bertz CT molecular complexity index is 864. The Labute approximate surface area is 160 Å². The highest BCUT2D eigenvalue weighted by molar-refractivity contribution is 5.76. The lowest BCUT2D eigenvalue weighted by Crippen LogP contribution is -2.61. The van der Waals surface area contributed by atoms with Crippen molar-refractivity contribution in [1.82, 2.24) is 14.5 Å². The standard InChI is InChI=1S/C21H29N3O3/c1-19(2,3)27-18(25)24-13-20(14-24)8-10-21(26,11-9-20)16-6-5-15-7-12-23(4)17(15)22-16/h5-7,12,26H,8-11,13-14H2,1-4H3. The lowest BCUT2D eigenvalue weighted by Gasteiger charge is -2.54. The zero-order chi connectivity index (χ0) is 19.4. The minimum absolute atomic E-state index is 0.123. The van der Waals surface area contributed by atoms with Crippen LogP contribution in [0.3, 0.4) is 0 Å². The first kappa shape index (κ1) is 18.3. The van der Waals surface area contributed by atoms with Gasteiger partial charge in [-0.3, -0.25) is 0 Å². The second-order valence-electron chi connectivity index (χ2n) is 9.40. The number of carbonyl (C=O) groups is 1. The van der Waals surface area contributed by atoms with E-state index in [0.717, 1.165) is 42.7 Å². The zero-order valence-corrected chi connectivity index (χ0v) is 16.7. The Balaban J connectivity index is 1.41. The summed E-state index contributed by atoms with van der Waals surface area (Å²) in [5, 5.41) is 12.3. The Hall–Kier alpha value is -2.08. The Morgan fingerprint density at radius 2 is 1.81 bits per heavy atom. The molecule has 0 atom stereocenters. The van der Waals surface area contributed by atoms with Crippen LogP contribution < -0.4 is 0 Å². The van der Waals surface area contributed by atoms with Gasteiger partial charge in [0.15, 0.2) is 0 Å². The van der Waals surface area contributed by atoms with Crippen molar-refractivity contribution in [2.75, 3.05) is 13.1 Å². The van der Waals surface area contributed by atoms with Crippen LogP contribution in [0.15, 0.2) is 24.4 Å². The minimum Gasteiger partial charge on any atom is -0.444 e. The first-order valence-electron chi connectivity index (χ1n) is 9.72. The molecule has 1 N–H and O–H groups in total. The molecular formula is C21H29N3O3. The molecule has 1 saturated heterocycles. The number of aromatic nitrogens is 2. The Morgan fingerprint density at radius 1 is 1.15 bits per heavy atom. The number of carbonyl (C=O) groups excluding carboxylic acids is 1. The predicted molar refractivity (Wildman–Crippen MR) is 103 cm³/mol. The molecule has 2 aliphatic rings. The lowest BCUT2D eigenvalue weighted by molar-refractivity contribution is -0.0977. The number of likely N-dealkylation sites (tertiary alicyclic amines) is 1. The number of hydrogen-bond donors (Lipinski definition) is 1. The topological polar surface area (TPSA) is 67.6 Å². The summed E-state index contributed by atoms with van der Waals surface area (Å²) in [6, 6.07) is 6.02. The summed E-state index contributed by atoms with van der Waals surface area (Å²) < 4.78 is 7.44. The normalized spacial score (nSPS) is 21.3. The summed E-state index contributed by atoms with van der Waals surface area (Å²) in [5.41, 5.74) is 0.443. The molecule has 1 aliphatic carbocycles. The molecule has 0 unspecified atom stereocenters. The average molecular weight is 371 g/mol. The smallest absolute Gasteiger partial charge is 0.410 e. The maximum atomic E-state index is 12.2. The van der Waals surface area contributed by atoms with Crippen molar-refractivity contribution < 1.29 is 14.6 Å². The van der Waals surface area contributed by atoms with E-state index in [9.17, 15) is 9.90 Å². The SMILES string of the molecule is Cn1ccc2ccc(C3(O)CCC4(CC3)CN(C(=O)OC(C)(C)C)C4)nc21. The Morgan fingerprint density at radius 3 is 2.44 bits per heavy atom. The van der Waals surface area contributed by atoms with Gasteiger partial charge in [-0.25, -0.2) is 9.78 Å². The third kappa shape index (κ3) is 3.31. The molecule has 1 spiro atoms. The highest BCUT2D eigenvalue weighted by Gasteiger charge is 2.51. The number of rotatable bonds is 1. The number of nitrogens with zero attached hydrogens (tertiary/aromatic N) is 3. The second-order valence-corrected chi connectivity index (χ2v) is 9.40. The van der Waals surface area contributed by atoms with Crippen LogP contribution in [0.2, 0.25) is 0 Å². The quantitative estimate of drug-likeness (QED) is 0.832. The molecule has 0 bridgehead atoms. The predicted octanol–water partition coefficient (Wildman–Crippen LogP) is 3.57. The number of ether oxygens (including phenoxy) is 1. The summed E-state index contributed by atoms with van der Waals surface area (Å²) in [6.45, 7) is 7.11. The van der Waals surface area contributed by atoms with Gasteiger partial charge >= 0.3 is 6.09 Å². The maximum Gasteiger partial charge on any atom is 0.410 e. The lowest BCUT2D eigenvalue weighted by atomic mass is 9.64. The third-order valence-electron chi connectivity index (χ3n) is 6.04. The summed E-state index contributed by atoms with van der Waals surface area (Å²) in [5.74, 6) is 0. The fraction of sp³-hybridized carbons (Fsp3) is 0.619. The molecule has 2 aromatic rings. The molecule has 27 heavy (non-hydrogen) atoms. The van der Waals surface area contributed by atoms with Gasteiger partial charge in [0.1, 0.15) is 16.8 Å². The molecular weight excluding hydrogens is 342 g/mol. The molecule has 1 amide bonds. The molecule has 1 aliphatic heterocycles. The van der Waals surface area contributed by atoms with E-state index in [2.05, 4.69) is 0 Å². The number of aryl methyl sites for hydroxylation is 1. The highest BCUT2D eigenvalue weighted by atomic mass is 16.6. The van der Waals surface area contributed by atoms with Gasteiger partial charge in [-0.2, -0.15) is 0 Å². The van der Waals surface area contributed by atoms with Gasteiger partial charge < -0.3 is 19.3 Å². The van der Waals surface area contributed by atoms with E-state index in [1.165, 1.54) is 0 Å². The molecule has 6 nitrogen and oxygen atoms in total. The van der Waals surface area contributed by atoms with Gasteiger partial charge in [-0.1, -0.05) is 0 Å². The van der Waals surface area contributed by atoms with Crippen molar-refractivity contribution in [2.45, 2.75) is 57.7 Å². The molecule has 1 saturated carbocycles. The van der Waals surface area contributed by atoms with E-state index in [1.54, 1.807) is 4.90 Å². The van der Waals surface area contributed by atoms with E-state index in [4.69, 9.17) is 9.72 Å². The molecule has 4 rings (SSSR count). The third-order valence-corrected chi connectivity index (χ3v) is 6.04. The van der Waals surface area contributed by atoms with Crippen molar-refractivity contribution in [1.29, 1.82) is 0 Å². The van der Waals surface area contributed by atoms with E-state index in [-0.39, 0.29) is 11.5 Å². The number of aliphatic hydroxyl groups is 1. The van der Waals surface area contributed by atoms with Crippen LogP contribution in [0.4, 0.5) is 4.79 Å². The molecule has 0 aromatic carbocycles. The van der Waals surface area contributed by atoms with Gasteiger partial charge in [0.2, 0.25) is 0 Å². The second kappa shape index (κ2) is 5.96. The monoisotopic (exact) mass is 371 g/mol. The molecule has 146 valence electrons. The van der Waals surface area contributed by atoms with Crippen LogP contribution in [-0.4, -0.2) is 44.3 Å². The summed E-state index contributed by atoms with van der Waals surface area (Å²) >= 11 is 0. The average Bonchev–Trinajstić information content (AvgIpc) is 2.93.